The molecule has 17 heavy (non-hydrogen) atoms. The summed E-state index contributed by atoms with van der Waals surface area (Å²) in [4.78, 5) is 14.7. The first-order chi connectivity index (χ1) is 8.36. The number of ether oxygens (including phenoxy) is 1. The van der Waals surface area contributed by atoms with Crippen molar-refractivity contribution in [3.8, 4) is 0 Å². The standard InChI is InChI=1S/C13H20N2O2/c16-13(12-2-1-5-17-12)15-10-3-4-11(15)9-7-14-6-8(9)10/h8-12,14H,1-7H2/t8-,9+,10-,11+,12?. The average molecular weight is 236 g/mol. The zero-order chi connectivity index (χ0) is 11.4. The Labute approximate surface area is 102 Å². The highest BCUT2D eigenvalue weighted by atomic mass is 16.5. The number of carbonyl (C=O) groups is 1. The molecule has 1 N–H and O–H groups in total. The molecule has 1 unspecified atom stereocenters. The molecule has 4 aliphatic rings. The van der Waals surface area contributed by atoms with Gasteiger partial charge in [0.05, 0.1) is 0 Å². The molecule has 5 atom stereocenters. The fraction of sp³-hybridized carbons (Fsp3) is 0.923. The SMILES string of the molecule is O=C(C1CCCO1)N1[C@@H]2CC[C@H]1[C@H]1CNC[C@H]12. The van der Waals surface area contributed by atoms with E-state index in [0.717, 1.165) is 44.4 Å². The van der Waals surface area contributed by atoms with Gasteiger partial charge >= 0.3 is 0 Å². The number of amides is 1. The molecule has 0 aromatic heterocycles. The van der Waals surface area contributed by atoms with Gasteiger partial charge in [-0.1, -0.05) is 0 Å². The Hall–Kier alpha value is -0.610. The van der Waals surface area contributed by atoms with E-state index in [1.807, 2.05) is 0 Å². The first kappa shape index (κ1) is 10.3. The Morgan fingerprint density at radius 2 is 1.82 bits per heavy atom. The first-order valence-corrected chi connectivity index (χ1v) is 7.01. The lowest BCUT2D eigenvalue weighted by Gasteiger charge is -2.27. The van der Waals surface area contributed by atoms with Crippen LogP contribution in [0.2, 0.25) is 0 Å². The van der Waals surface area contributed by atoms with E-state index >= 15 is 0 Å². The Balaban J connectivity index is 1.57. The largest absolute Gasteiger partial charge is 0.368 e. The quantitative estimate of drug-likeness (QED) is 0.715. The van der Waals surface area contributed by atoms with Gasteiger partial charge in [-0.2, -0.15) is 0 Å². The summed E-state index contributed by atoms with van der Waals surface area (Å²) in [5.74, 6) is 1.74. The minimum atomic E-state index is -0.120. The van der Waals surface area contributed by atoms with Crippen LogP contribution < -0.4 is 5.32 Å². The highest BCUT2D eigenvalue weighted by molar-refractivity contribution is 5.82. The van der Waals surface area contributed by atoms with Crippen LogP contribution in [0.3, 0.4) is 0 Å². The lowest BCUT2D eigenvalue weighted by atomic mass is 9.82. The third-order valence-electron chi connectivity index (χ3n) is 5.23. The summed E-state index contributed by atoms with van der Waals surface area (Å²) in [7, 11) is 0. The number of rotatable bonds is 1. The minimum Gasteiger partial charge on any atom is -0.368 e. The van der Waals surface area contributed by atoms with Gasteiger partial charge in [0.25, 0.3) is 5.91 Å². The zero-order valence-electron chi connectivity index (χ0n) is 10.1. The van der Waals surface area contributed by atoms with Gasteiger partial charge in [-0.05, 0) is 37.5 Å². The van der Waals surface area contributed by atoms with Gasteiger partial charge in [-0.3, -0.25) is 4.79 Å². The van der Waals surface area contributed by atoms with Gasteiger partial charge in [0, 0.05) is 31.8 Å². The Kier molecular flexibility index (Phi) is 2.24. The van der Waals surface area contributed by atoms with Gasteiger partial charge in [0.1, 0.15) is 6.10 Å². The normalized spacial score (nSPS) is 47.8. The second-order valence-corrected chi connectivity index (χ2v) is 5.95. The maximum absolute atomic E-state index is 12.5. The van der Waals surface area contributed by atoms with E-state index in [9.17, 15) is 4.79 Å². The molecule has 1 amide bonds. The van der Waals surface area contributed by atoms with Crippen molar-refractivity contribution >= 4 is 5.91 Å². The lowest BCUT2D eigenvalue weighted by Crippen LogP contribution is -2.44. The number of nitrogens with one attached hydrogen (secondary N) is 1. The summed E-state index contributed by atoms with van der Waals surface area (Å²) in [6.07, 6.45) is 4.29. The fourth-order valence-corrected chi connectivity index (χ4v) is 4.53. The molecule has 4 aliphatic heterocycles. The average Bonchev–Trinajstić information content (AvgIpc) is 3.11. The number of nitrogens with zero attached hydrogens (tertiary/aromatic N) is 1. The molecule has 4 nitrogen and oxygen atoms in total. The molecule has 0 aromatic rings. The molecule has 0 aromatic carbocycles. The molecule has 0 saturated carbocycles. The van der Waals surface area contributed by atoms with Crippen molar-refractivity contribution in [3.05, 3.63) is 0 Å². The van der Waals surface area contributed by atoms with Crippen LogP contribution in [0, 0.1) is 11.8 Å². The summed E-state index contributed by atoms with van der Waals surface area (Å²) >= 11 is 0. The van der Waals surface area contributed by atoms with Crippen LogP contribution in [0.1, 0.15) is 25.7 Å². The number of hydrogen-bond acceptors (Lipinski definition) is 3. The van der Waals surface area contributed by atoms with E-state index in [1.165, 1.54) is 12.8 Å². The Morgan fingerprint density at radius 3 is 2.41 bits per heavy atom. The maximum Gasteiger partial charge on any atom is 0.252 e. The van der Waals surface area contributed by atoms with E-state index in [4.69, 9.17) is 4.74 Å². The monoisotopic (exact) mass is 236 g/mol. The predicted octanol–water partition coefficient (Wildman–Crippen LogP) is 0.374. The molecular weight excluding hydrogens is 216 g/mol. The van der Waals surface area contributed by atoms with Crippen LogP contribution in [-0.4, -0.2) is 48.7 Å². The second-order valence-electron chi connectivity index (χ2n) is 5.95. The molecular formula is C13H20N2O2. The zero-order valence-corrected chi connectivity index (χ0v) is 10.1. The minimum absolute atomic E-state index is 0.120. The van der Waals surface area contributed by atoms with Crippen LogP contribution in [0.5, 0.6) is 0 Å². The predicted molar refractivity (Wildman–Crippen MR) is 62.5 cm³/mol. The van der Waals surface area contributed by atoms with Gasteiger partial charge < -0.3 is 15.0 Å². The number of fused-ring (bicyclic) bond motifs is 5. The maximum atomic E-state index is 12.5. The Morgan fingerprint density at radius 1 is 1.12 bits per heavy atom. The third-order valence-corrected chi connectivity index (χ3v) is 5.23. The summed E-state index contributed by atoms with van der Waals surface area (Å²) in [6, 6.07) is 1.02. The van der Waals surface area contributed by atoms with Crippen LogP contribution in [-0.2, 0) is 9.53 Å². The molecule has 4 heteroatoms. The topological polar surface area (TPSA) is 41.6 Å². The molecule has 0 radical (unpaired) electrons. The second kappa shape index (κ2) is 3.69. The van der Waals surface area contributed by atoms with E-state index in [2.05, 4.69) is 10.2 Å². The first-order valence-electron chi connectivity index (χ1n) is 7.01. The van der Waals surface area contributed by atoms with Crippen molar-refractivity contribution in [2.75, 3.05) is 19.7 Å². The van der Waals surface area contributed by atoms with Crippen molar-refractivity contribution in [1.29, 1.82) is 0 Å². The molecule has 4 saturated heterocycles. The summed E-state index contributed by atoms with van der Waals surface area (Å²) in [5.41, 5.74) is 0. The summed E-state index contributed by atoms with van der Waals surface area (Å²) in [6.45, 7) is 3.00. The van der Waals surface area contributed by atoms with Crippen LogP contribution >= 0.6 is 0 Å². The Bertz CT molecular complexity index is 322. The molecule has 2 bridgehead atoms. The van der Waals surface area contributed by atoms with Crippen molar-refractivity contribution < 1.29 is 9.53 Å². The molecule has 4 heterocycles. The van der Waals surface area contributed by atoms with E-state index < -0.39 is 0 Å². The van der Waals surface area contributed by atoms with Gasteiger partial charge in [-0.15, -0.1) is 0 Å². The van der Waals surface area contributed by atoms with Crippen molar-refractivity contribution in [2.45, 2.75) is 43.9 Å². The van der Waals surface area contributed by atoms with Crippen molar-refractivity contribution in [3.63, 3.8) is 0 Å². The van der Waals surface area contributed by atoms with Crippen LogP contribution in [0.15, 0.2) is 0 Å². The molecule has 0 spiro atoms. The van der Waals surface area contributed by atoms with E-state index in [0.29, 0.717) is 18.0 Å². The van der Waals surface area contributed by atoms with Gasteiger partial charge in [0.15, 0.2) is 0 Å². The highest BCUT2D eigenvalue weighted by Gasteiger charge is 2.57. The van der Waals surface area contributed by atoms with Crippen molar-refractivity contribution in [1.82, 2.24) is 10.2 Å². The molecule has 4 fully saturated rings. The van der Waals surface area contributed by atoms with E-state index in [1.54, 1.807) is 0 Å². The van der Waals surface area contributed by atoms with Crippen LogP contribution in [0.4, 0.5) is 0 Å². The highest BCUT2D eigenvalue weighted by Crippen LogP contribution is 2.47. The number of hydrogen-bond donors (Lipinski definition) is 1. The molecule has 4 rings (SSSR count). The van der Waals surface area contributed by atoms with Crippen molar-refractivity contribution in [2.24, 2.45) is 11.8 Å². The van der Waals surface area contributed by atoms with Gasteiger partial charge in [0.2, 0.25) is 0 Å². The lowest BCUT2D eigenvalue weighted by molar-refractivity contribution is -0.142. The van der Waals surface area contributed by atoms with Gasteiger partial charge in [-0.25, -0.2) is 0 Å². The third kappa shape index (κ3) is 1.34. The summed E-state index contributed by atoms with van der Waals surface area (Å²) in [5, 5.41) is 3.48. The number of carbonyl (C=O) groups excluding carboxylic acids is 1. The molecule has 0 aliphatic carbocycles. The summed E-state index contributed by atoms with van der Waals surface area (Å²) < 4.78 is 5.57. The fourth-order valence-electron chi connectivity index (χ4n) is 4.53. The van der Waals surface area contributed by atoms with E-state index in [-0.39, 0.29) is 6.10 Å². The van der Waals surface area contributed by atoms with Crippen LogP contribution in [0.25, 0.3) is 0 Å². The smallest absolute Gasteiger partial charge is 0.252 e. The molecule has 94 valence electrons.